The Balaban J connectivity index is 2.41. The van der Waals surface area contributed by atoms with Crippen molar-refractivity contribution in [2.75, 3.05) is 5.32 Å². The number of carbonyl (C=O) groups excluding carboxylic acids is 1. The van der Waals surface area contributed by atoms with Crippen molar-refractivity contribution in [3.05, 3.63) is 59.2 Å². The smallest absolute Gasteiger partial charge is 0.255 e. The predicted octanol–water partition coefficient (Wildman–Crippen LogP) is 2.20. The molecule has 0 atom stereocenters. The molecule has 2 rings (SSSR count). The van der Waals surface area contributed by atoms with E-state index in [0.29, 0.717) is 16.8 Å². The predicted molar refractivity (Wildman–Crippen MR) is 81.7 cm³/mol. The fraction of sp³-hybridized carbons (Fsp3) is 0.133. The van der Waals surface area contributed by atoms with Gasteiger partial charge in [-0.05, 0) is 49.2 Å². The van der Waals surface area contributed by atoms with E-state index >= 15 is 0 Å². The normalized spacial score (nSPS) is 11.2. The molecule has 110 valence electrons. The summed E-state index contributed by atoms with van der Waals surface area (Å²) in [6.45, 7) is 3.40. The lowest BCUT2D eigenvalue weighted by atomic mass is 10.1. The van der Waals surface area contributed by atoms with Gasteiger partial charge in [0.05, 0.1) is 4.90 Å². The summed E-state index contributed by atoms with van der Waals surface area (Å²) in [7, 11) is -3.86. The van der Waals surface area contributed by atoms with Gasteiger partial charge in [0.1, 0.15) is 0 Å². The molecule has 0 aliphatic heterocycles. The van der Waals surface area contributed by atoms with E-state index in [1.165, 1.54) is 6.07 Å². The van der Waals surface area contributed by atoms with Gasteiger partial charge in [-0.2, -0.15) is 0 Å². The van der Waals surface area contributed by atoms with Crippen molar-refractivity contribution in [2.24, 2.45) is 5.14 Å². The molecule has 0 aliphatic carbocycles. The van der Waals surface area contributed by atoms with Crippen LogP contribution in [0.4, 0.5) is 5.69 Å². The first-order valence-electron chi connectivity index (χ1n) is 6.29. The molecule has 2 aromatic rings. The molecule has 5 nitrogen and oxygen atoms in total. The topological polar surface area (TPSA) is 89.3 Å². The van der Waals surface area contributed by atoms with Gasteiger partial charge in [0.25, 0.3) is 5.91 Å². The van der Waals surface area contributed by atoms with Crippen molar-refractivity contribution < 1.29 is 13.2 Å². The molecule has 0 bridgehead atoms. The Morgan fingerprint density at radius 2 is 1.71 bits per heavy atom. The first-order valence-corrected chi connectivity index (χ1v) is 7.84. The molecule has 0 saturated heterocycles. The molecule has 0 unspecified atom stereocenters. The minimum atomic E-state index is -3.86. The van der Waals surface area contributed by atoms with Crippen molar-refractivity contribution in [1.82, 2.24) is 0 Å². The van der Waals surface area contributed by atoms with Crippen LogP contribution in [0.2, 0.25) is 0 Å². The zero-order valence-electron chi connectivity index (χ0n) is 11.8. The monoisotopic (exact) mass is 304 g/mol. The summed E-state index contributed by atoms with van der Waals surface area (Å²) in [4.78, 5) is 12.2. The molecular formula is C15H16N2O3S. The molecule has 3 N–H and O–H groups in total. The summed E-state index contributed by atoms with van der Waals surface area (Å²) in [5.41, 5.74) is 2.14. The highest BCUT2D eigenvalue weighted by Gasteiger charge is 2.17. The third kappa shape index (κ3) is 3.48. The second-order valence-corrected chi connectivity index (χ2v) is 6.31. The van der Waals surface area contributed by atoms with Crippen LogP contribution >= 0.6 is 0 Å². The third-order valence-electron chi connectivity index (χ3n) is 3.22. The van der Waals surface area contributed by atoms with E-state index in [2.05, 4.69) is 5.32 Å². The van der Waals surface area contributed by atoms with Crippen LogP contribution in [0.1, 0.15) is 21.5 Å². The number of sulfonamides is 1. The zero-order chi connectivity index (χ0) is 15.6. The van der Waals surface area contributed by atoms with Gasteiger partial charge in [-0.25, -0.2) is 13.6 Å². The summed E-state index contributed by atoms with van der Waals surface area (Å²) in [5.74, 6) is -0.380. The molecule has 0 fully saturated rings. The number of primary sulfonamides is 1. The van der Waals surface area contributed by atoms with Crippen LogP contribution in [-0.2, 0) is 10.0 Å². The number of nitrogens with one attached hydrogen (secondary N) is 1. The van der Waals surface area contributed by atoms with Gasteiger partial charge in [0.15, 0.2) is 0 Å². The fourth-order valence-corrected chi connectivity index (χ4v) is 2.86. The Bertz CT molecular complexity index is 784. The van der Waals surface area contributed by atoms with Crippen molar-refractivity contribution in [3.63, 3.8) is 0 Å². The maximum atomic E-state index is 12.2. The van der Waals surface area contributed by atoms with Crippen molar-refractivity contribution in [2.45, 2.75) is 18.7 Å². The number of para-hydroxylation sites is 1. The first-order chi connectivity index (χ1) is 9.79. The fourth-order valence-electron chi connectivity index (χ4n) is 1.98. The second-order valence-electron chi connectivity index (χ2n) is 4.78. The van der Waals surface area contributed by atoms with Crippen LogP contribution in [0.15, 0.2) is 47.4 Å². The number of rotatable bonds is 3. The number of hydrogen-bond acceptors (Lipinski definition) is 3. The van der Waals surface area contributed by atoms with Gasteiger partial charge in [-0.15, -0.1) is 0 Å². The first kappa shape index (κ1) is 15.2. The van der Waals surface area contributed by atoms with E-state index in [4.69, 9.17) is 5.14 Å². The number of nitrogens with two attached hydrogens (primary N) is 1. The van der Waals surface area contributed by atoms with Crippen LogP contribution in [0.3, 0.4) is 0 Å². The number of benzene rings is 2. The van der Waals surface area contributed by atoms with Crippen LogP contribution in [0.5, 0.6) is 0 Å². The van der Waals surface area contributed by atoms with E-state index in [0.717, 1.165) is 0 Å². The maximum Gasteiger partial charge on any atom is 0.255 e. The van der Waals surface area contributed by atoms with Crippen LogP contribution in [0, 0.1) is 13.8 Å². The molecule has 1 amide bonds. The number of anilines is 1. The lowest BCUT2D eigenvalue weighted by molar-refractivity contribution is 0.102. The SMILES string of the molecule is Cc1cc(C(=O)Nc2ccccc2)cc(S(N)(=O)=O)c1C. The van der Waals surface area contributed by atoms with Gasteiger partial charge in [-0.3, -0.25) is 4.79 Å². The van der Waals surface area contributed by atoms with Crippen molar-refractivity contribution in [1.29, 1.82) is 0 Å². The molecule has 0 saturated carbocycles. The largest absolute Gasteiger partial charge is 0.322 e. The van der Waals surface area contributed by atoms with E-state index in [9.17, 15) is 13.2 Å². The van der Waals surface area contributed by atoms with Gasteiger partial charge in [0.2, 0.25) is 10.0 Å². The second kappa shape index (κ2) is 5.67. The summed E-state index contributed by atoms with van der Waals surface area (Å²) in [6, 6.07) is 11.9. The summed E-state index contributed by atoms with van der Waals surface area (Å²) in [6.07, 6.45) is 0. The Hall–Kier alpha value is -2.18. The quantitative estimate of drug-likeness (QED) is 0.911. The standard InChI is InChI=1S/C15H16N2O3S/c1-10-8-12(9-14(11(10)2)21(16,19)20)15(18)17-13-6-4-3-5-7-13/h3-9H,1-2H3,(H,17,18)(H2,16,19,20). The minimum absolute atomic E-state index is 0.0271. The summed E-state index contributed by atoms with van der Waals surface area (Å²) < 4.78 is 23.2. The minimum Gasteiger partial charge on any atom is -0.322 e. The number of carbonyl (C=O) groups is 1. The molecule has 0 radical (unpaired) electrons. The highest BCUT2D eigenvalue weighted by molar-refractivity contribution is 7.89. The van der Waals surface area contributed by atoms with E-state index in [1.807, 2.05) is 6.07 Å². The Morgan fingerprint density at radius 3 is 2.29 bits per heavy atom. The zero-order valence-corrected chi connectivity index (χ0v) is 12.6. The molecule has 0 aromatic heterocycles. The Morgan fingerprint density at radius 1 is 1.10 bits per heavy atom. The molecule has 2 aromatic carbocycles. The molecule has 6 heteroatoms. The summed E-state index contributed by atoms with van der Waals surface area (Å²) in [5, 5.41) is 7.90. The Labute approximate surface area is 123 Å². The average Bonchev–Trinajstić information content (AvgIpc) is 2.41. The molecule has 0 heterocycles. The van der Waals surface area contributed by atoms with Gasteiger partial charge in [-0.1, -0.05) is 18.2 Å². The number of hydrogen-bond donors (Lipinski definition) is 2. The van der Waals surface area contributed by atoms with Crippen molar-refractivity contribution >= 4 is 21.6 Å². The lowest BCUT2D eigenvalue weighted by Gasteiger charge is -2.11. The van der Waals surface area contributed by atoms with E-state index in [-0.39, 0.29) is 16.4 Å². The van der Waals surface area contributed by atoms with Crippen LogP contribution in [-0.4, -0.2) is 14.3 Å². The number of amides is 1. The van der Waals surface area contributed by atoms with Gasteiger partial charge in [0, 0.05) is 11.3 Å². The maximum absolute atomic E-state index is 12.2. The molecule has 0 aliphatic rings. The Kier molecular flexibility index (Phi) is 4.11. The van der Waals surface area contributed by atoms with Gasteiger partial charge < -0.3 is 5.32 Å². The van der Waals surface area contributed by atoms with Gasteiger partial charge >= 0.3 is 0 Å². The highest BCUT2D eigenvalue weighted by atomic mass is 32.2. The van der Waals surface area contributed by atoms with Crippen LogP contribution in [0.25, 0.3) is 0 Å². The van der Waals surface area contributed by atoms with Crippen molar-refractivity contribution in [3.8, 4) is 0 Å². The highest BCUT2D eigenvalue weighted by Crippen LogP contribution is 2.21. The third-order valence-corrected chi connectivity index (χ3v) is 4.26. The molecular weight excluding hydrogens is 288 g/mol. The lowest BCUT2D eigenvalue weighted by Crippen LogP contribution is -2.17. The summed E-state index contributed by atoms with van der Waals surface area (Å²) >= 11 is 0. The molecule has 21 heavy (non-hydrogen) atoms. The molecule has 0 spiro atoms. The van der Waals surface area contributed by atoms with E-state index < -0.39 is 10.0 Å². The van der Waals surface area contributed by atoms with E-state index in [1.54, 1.807) is 44.2 Å². The average molecular weight is 304 g/mol. The van der Waals surface area contributed by atoms with Crippen LogP contribution < -0.4 is 10.5 Å². The number of aryl methyl sites for hydroxylation is 1.